The predicted molar refractivity (Wildman–Crippen MR) is 74.4 cm³/mol. The molecule has 0 bridgehead atoms. The number of nitrogens with one attached hydrogen (secondary N) is 1. The Hall–Kier alpha value is -1.83. The summed E-state index contributed by atoms with van der Waals surface area (Å²) in [4.78, 5) is 33.6. The van der Waals surface area contributed by atoms with Crippen LogP contribution in [-0.4, -0.2) is 49.4 Å². The Morgan fingerprint density at radius 1 is 1.19 bits per heavy atom. The van der Waals surface area contributed by atoms with Gasteiger partial charge >= 0.3 is 18.0 Å². The Labute approximate surface area is 124 Å². The zero-order valence-corrected chi connectivity index (χ0v) is 12.9. The minimum atomic E-state index is -0.691. The third kappa shape index (κ3) is 11.7. The van der Waals surface area contributed by atoms with E-state index >= 15 is 0 Å². The highest BCUT2D eigenvalue weighted by Crippen LogP contribution is 2.06. The topological polar surface area (TPSA) is 117 Å². The van der Waals surface area contributed by atoms with Crippen LogP contribution in [-0.2, 0) is 23.8 Å². The van der Waals surface area contributed by atoms with Gasteiger partial charge in [-0.2, -0.15) is 0 Å². The number of alkyl carbamates (subject to hydrolysis) is 1. The van der Waals surface area contributed by atoms with Crippen molar-refractivity contribution in [3.8, 4) is 0 Å². The fraction of sp³-hybridized carbons (Fsp3) is 0.769. The Morgan fingerprint density at radius 3 is 2.33 bits per heavy atom. The molecule has 1 atom stereocenters. The summed E-state index contributed by atoms with van der Waals surface area (Å²) in [5.74, 6) is -1.11. The van der Waals surface area contributed by atoms with Gasteiger partial charge in [0.1, 0.15) is 18.2 Å². The van der Waals surface area contributed by atoms with Crippen LogP contribution in [0.2, 0.25) is 0 Å². The molecule has 0 aromatic heterocycles. The number of nitrogens with two attached hydrogens (primary N) is 1. The van der Waals surface area contributed by atoms with Gasteiger partial charge in [-0.3, -0.25) is 9.59 Å². The molecule has 3 N–H and O–H groups in total. The molecule has 0 aromatic rings. The molecule has 8 nitrogen and oxygen atoms in total. The van der Waals surface area contributed by atoms with E-state index in [0.717, 1.165) is 0 Å². The van der Waals surface area contributed by atoms with E-state index in [0.29, 0.717) is 6.42 Å². The van der Waals surface area contributed by atoms with Gasteiger partial charge in [0, 0.05) is 6.42 Å². The maximum atomic E-state index is 11.5. The molecule has 0 spiro atoms. The fourth-order valence-electron chi connectivity index (χ4n) is 1.18. The molecule has 8 heteroatoms. The zero-order valence-electron chi connectivity index (χ0n) is 12.9. The van der Waals surface area contributed by atoms with Gasteiger partial charge in [-0.25, -0.2) is 4.79 Å². The Bertz CT molecular complexity index is 364. The first-order chi connectivity index (χ1) is 9.64. The smallest absolute Gasteiger partial charge is 0.408 e. The van der Waals surface area contributed by atoms with E-state index in [-0.39, 0.29) is 19.7 Å². The standard InChI is InChI=1S/C13H24N2O6/c1-9(5-6-19-10(16)7-14)20-11(17)8-15-12(18)21-13(2,3)4/h9H,5-8,14H2,1-4H3,(H,15,18). The summed E-state index contributed by atoms with van der Waals surface area (Å²) in [6.07, 6.45) is -0.781. The lowest BCUT2D eigenvalue weighted by atomic mass is 10.2. The highest BCUT2D eigenvalue weighted by molar-refractivity contribution is 5.78. The van der Waals surface area contributed by atoms with Gasteiger partial charge in [0.05, 0.1) is 13.2 Å². The molecule has 0 aliphatic rings. The minimum Gasteiger partial charge on any atom is -0.465 e. The van der Waals surface area contributed by atoms with Crippen LogP contribution in [0.1, 0.15) is 34.1 Å². The third-order valence-electron chi connectivity index (χ3n) is 2.06. The molecule has 0 heterocycles. The molecular weight excluding hydrogens is 280 g/mol. The molecule has 0 radical (unpaired) electrons. The highest BCUT2D eigenvalue weighted by atomic mass is 16.6. The van der Waals surface area contributed by atoms with Crippen LogP contribution in [0.5, 0.6) is 0 Å². The van der Waals surface area contributed by atoms with Crippen molar-refractivity contribution in [2.24, 2.45) is 5.73 Å². The second kappa shape index (κ2) is 9.17. The highest BCUT2D eigenvalue weighted by Gasteiger charge is 2.17. The zero-order chi connectivity index (χ0) is 16.5. The molecule has 21 heavy (non-hydrogen) atoms. The van der Waals surface area contributed by atoms with E-state index in [4.69, 9.17) is 19.9 Å². The van der Waals surface area contributed by atoms with Gasteiger partial charge in [-0.15, -0.1) is 0 Å². The molecule has 0 aliphatic carbocycles. The average Bonchev–Trinajstić information content (AvgIpc) is 2.34. The number of hydrogen-bond donors (Lipinski definition) is 2. The van der Waals surface area contributed by atoms with Crippen LogP contribution in [0, 0.1) is 0 Å². The van der Waals surface area contributed by atoms with Gasteiger partial charge < -0.3 is 25.3 Å². The molecule has 1 amide bonds. The Morgan fingerprint density at radius 2 is 1.81 bits per heavy atom. The molecule has 0 aromatic carbocycles. The maximum Gasteiger partial charge on any atom is 0.408 e. The van der Waals surface area contributed by atoms with E-state index in [9.17, 15) is 14.4 Å². The first kappa shape index (κ1) is 19.2. The van der Waals surface area contributed by atoms with Gasteiger partial charge in [-0.05, 0) is 27.7 Å². The molecule has 0 saturated carbocycles. The number of carbonyl (C=O) groups excluding carboxylic acids is 3. The minimum absolute atomic E-state index is 0.115. The SMILES string of the molecule is CC(CCOC(=O)CN)OC(=O)CNC(=O)OC(C)(C)C. The number of esters is 2. The summed E-state index contributed by atoms with van der Waals surface area (Å²) in [6, 6.07) is 0. The first-order valence-corrected chi connectivity index (χ1v) is 6.66. The fourth-order valence-corrected chi connectivity index (χ4v) is 1.18. The van der Waals surface area contributed by atoms with Crippen molar-refractivity contribution >= 4 is 18.0 Å². The number of rotatable bonds is 7. The average molecular weight is 304 g/mol. The molecular formula is C13H24N2O6. The van der Waals surface area contributed by atoms with Crippen molar-refractivity contribution in [3.05, 3.63) is 0 Å². The van der Waals surface area contributed by atoms with Gasteiger partial charge in [0.15, 0.2) is 0 Å². The van der Waals surface area contributed by atoms with Crippen molar-refractivity contribution in [2.45, 2.75) is 45.8 Å². The van der Waals surface area contributed by atoms with Crippen molar-refractivity contribution in [1.82, 2.24) is 5.32 Å². The number of hydrogen-bond acceptors (Lipinski definition) is 7. The first-order valence-electron chi connectivity index (χ1n) is 6.66. The van der Waals surface area contributed by atoms with Crippen molar-refractivity contribution < 1.29 is 28.6 Å². The van der Waals surface area contributed by atoms with E-state index in [1.54, 1.807) is 27.7 Å². The van der Waals surface area contributed by atoms with E-state index < -0.39 is 29.7 Å². The lowest BCUT2D eigenvalue weighted by Gasteiger charge is -2.19. The van der Waals surface area contributed by atoms with Crippen LogP contribution in [0.3, 0.4) is 0 Å². The normalized spacial score (nSPS) is 12.2. The van der Waals surface area contributed by atoms with E-state index in [1.165, 1.54) is 0 Å². The third-order valence-corrected chi connectivity index (χ3v) is 2.06. The van der Waals surface area contributed by atoms with E-state index in [2.05, 4.69) is 5.32 Å². The van der Waals surface area contributed by atoms with E-state index in [1.807, 2.05) is 0 Å². The Balaban J connectivity index is 3.83. The van der Waals surface area contributed by atoms with Crippen LogP contribution >= 0.6 is 0 Å². The summed E-state index contributed by atoms with van der Waals surface area (Å²) in [6.45, 7) is 6.45. The molecule has 1 unspecified atom stereocenters. The number of ether oxygens (including phenoxy) is 3. The molecule has 0 rings (SSSR count). The summed E-state index contributed by atoms with van der Waals surface area (Å²) in [5, 5.41) is 2.29. The predicted octanol–water partition coefficient (Wildman–Crippen LogP) is 0.335. The number of carbonyl (C=O) groups is 3. The van der Waals surface area contributed by atoms with Crippen LogP contribution < -0.4 is 11.1 Å². The van der Waals surface area contributed by atoms with Gasteiger partial charge in [0.25, 0.3) is 0 Å². The summed E-state index contributed by atoms with van der Waals surface area (Å²) in [5.41, 5.74) is 4.44. The largest absolute Gasteiger partial charge is 0.465 e. The molecule has 122 valence electrons. The van der Waals surface area contributed by atoms with Crippen molar-refractivity contribution in [1.29, 1.82) is 0 Å². The number of amides is 1. The summed E-state index contributed by atoms with van der Waals surface area (Å²) >= 11 is 0. The quantitative estimate of drug-likeness (QED) is 0.514. The van der Waals surface area contributed by atoms with Gasteiger partial charge in [0.2, 0.25) is 0 Å². The Kier molecular flexibility index (Phi) is 8.37. The molecule has 0 aliphatic heterocycles. The van der Waals surface area contributed by atoms with Gasteiger partial charge in [-0.1, -0.05) is 0 Å². The maximum absolute atomic E-state index is 11.5. The second-order valence-corrected chi connectivity index (χ2v) is 5.37. The lowest BCUT2D eigenvalue weighted by molar-refractivity contribution is -0.149. The van der Waals surface area contributed by atoms with Crippen LogP contribution in [0.4, 0.5) is 4.79 Å². The molecule has 0 saturated heterocycles. The monoisotopic (exact) mass is 304 g/mol. The lowest BCUT2D eigenvalue weighted by Crippen LogP contribution is -2.36. The van der Waals surface area contributed by atoms with Crippen molar-refractivity contribution in [2.75, 3.05) is 19.7 Å². The molecule has 0 fully saturated rings. The van der Waals surface area contributed by atoms with Crippen LogP contribution in [0.15, 0.2) is 0 Å². The van der Waals surface area contributed by atoms with Crippen LogP contribution in [0.25, 0.3) is 0 Å². The van der Waals surface area contributed by atoms with Crippen molar-refractivity contribution in [3.63, 3.8) is 0 Å². The summed E-state index contributed by atoms with van der Waals surface area (Å²) in [7, 11) is 0. The second-order valence-electron chi connectivity index (χ2n) is 5.37. The summed E-state index contributed by atoms with van der Waals surface area (Å²) < 4.78 is 14.7.